The molecule has 1 aromatic carbocycles. The molecule has 0 bridgehead atoms. The lowest BCUT2D eigenvalue weighted by molar-refractivity contribution is -0.137. The van der Waals surface area contributed by atoms with E-state index in [4.69, 9.17) is 11.5 Å². The van der Waals surface area contributed by atoms with E-state index < -0.39 is 11.7 Å². The number of halogens is 3. The molecule has 0 aliphatic carbocycles. The largest absolute Gasteiger partial charge is 0.416 e. The van der Waals surface area contributed by atoms with E-state index in [1.165, 1.54) is 6.07 Å². The van der Waals surface area contributed by atoms with Gasteiger partial charge >= 0.3 is 6.18 Å². The lowest BCUT2D eigenvalue weighted by Gasteiger charge is -2.10. The van der Waals surface area contributed by atoms with Crippen LogP contribution in [0.2, 0.25) is 0 Å². The number of benzene rings is 1. The summed E-state index contributed by atoms with van der Waals surface area (Å²) in [6.07, 6.45) is -3.00. The number of anilines is 1. The molecule has 0 saturated heterocycles. The van der Waals surface area contributed by atoms with Gasteiger partial charge in [-0.2, -0.15) is 13.2 Å². The minimum atomic E-state index is -4.33. The molecule has 0 aliphatic rings. The molecular weight excluding hydrogens is 205 g/mol. The summed E-state index contributed by atoms with van der Waals surface area (Å²) in [5.41, 5.74) is 11.0. The molecule has 5 heteroatoms. The van der Waals surface area contributed by atoms with E-state index in [2.05, 4.69) is 0 Å². The van der Waals surface area contributed by atoms with Gasteiger partial charge < -0.3 is 11.5 Å². The van der Waals surface area contributed by atoms with Crippen LogP contribution in [-0.4, -0.2) is 6.54 Å². The van der Waals surface area contributed by atoms with Gasteiger partial charge in [-0.15, -0.1) is 0 Å². The molecular formula is C10H13F3N2. The number of hydrogen-bond donors (Lipinski definition) is 2. The van der Waals surface area contributed by atoms with E-state index in [0.29, 0.717) is 18.5 Å². The number of nitrogens with two attached hydrogens (primary N) is 2. The molecule has 0 fully saturated rings. The second-order valence-electron chi connectivity index (χ2n) is 3.30. The van der Waals surface area contributed by atoms with Crippen molar-refractivity contribution < 1.29 is 13.2 Å². The third-order valence-electron chi connectivity index (χ3n) is 2.12. The lowest BCUT2D eigenvalue weighted by Crippen LogP contribution is -2.07. The summed E-state index contributed by atoms with van der Waals surface area (Å²) < 4.78 is 36.8. The molecule has 1 rings (SSSR count). The minimum Gasteiger partial charge on any atom is -0.398 e. The van der Waals surface area contributed by atoms with Gasteiger partial charge in [0.25, 0.3) is 0 Å². The second kappa shape index (κ2) is 4.53. The van der Waals surface area contributed by atoms with Gasteiger partial charge in [0.1, 0.15) is 0 Å². The minimum absolute atomic E-state index is 0.179. The molecule has 0 amide bonds. The second-order valence-corrected chi connectivity index (χ2v) is 3.30. The molecule has 1 aromatic rings. The molecule has 0 aromatic heterocycles. The zero-order valence-electron chi connectivity index (χ0n) is 8.14. The number of aryl methyl sites for hydroxylation is 1. The molecule has 15 heavy (non-hydrogen) atoms. The number of hydrogen-bond acceptors (Lipinski definition) is 2. The van der Waals surface area contributed by atoms with Crippen LogP contribution in [0.3, 0.4) is 0 Å². The smallest absolute Gasteiger partial charge is 0.398 e. The maximum atomic E-state index is 12.3. The first-order chi connectivity index (χ1) is 6.95. The Morgan fingerprint density at radius 2 is 1.87 bits per heavy atom. The maximum absolute atomic E-state index is 12.3. The van der Waals surface area contributed by atoms with Crippen LogP contribution < -0.4 is 11.5 Å². The third kappa shape index (κ3) is 3.13. The van der Waals surface area contributed by atoms with Crippen molar-refractivity contribution in [2.75, 3.05) is 12.3 Å². The average molecular weight is 218 g/mol. The summed E-state index contributed by atoms with van der Waals surface area (Å²) in [4.78, 5) is 0. The molecule has 0 unspecified atom stereocenters. The topological polar surface area (TPSA) is 52.0 Å². The Morgan fingerprint density at radius 3 is 2.33 bits per heavy atom. The standard InChI is InChI=1S/C10H13F3N2/c11-10(12,13)8-4-3-7(2-1-5-14)9(15)6-8/h3-4,6H,1-2,5,14-15H2. The van der Waals surface area contributed by atoms with Crippen molar-refractivity contribution in [1.82, 2.24) is 0 Å². The quantitative estimate of drug-likeness (QED) is 0.764. The summed E-state index contributed by atoms with van der Waals surface area (Å²) in [5, 5.41) is 0. The first-order valence-electron chi connectivity index (χ1n) is 4.61. The van der Waals surface area contributed by atoms with Crippen molar-refractivity contribution in [3.63, 3.8) is 0 Å². The van der Waals surface area contributed by atoms with Crippen molar-refractivity contribution in [3.05, 3.63) is 29.3 Å². The van der Waals surface area contributed by atoms with Crippen molar-refractivity contribution in [2.24, 2.45) is 5.73 Å². The fraction of sp³-hybridized carbons (Fsp3) is 0.400. The fourth-order valence-corrected chi connectivity index (χ4v) is 1.29. The number of alkyl halides is 3. The Bertz CT molecular complexity index is 334. The first-order valence-corrected chi connectivity index (χ1v) is 4.61. The highest BCUT2D eigenvalue weighted by Gasteiger charge is 2.30. The van der Waals surface area contributed by atoms with Gasteiger partial charge in [0.15, 0.2) is 0 Å². The lowest BCUT2D eigenvalue weighted by atomic mass is 10.0. The van der Waals surface area contributed by atoms with Crippen molar-refractivity contribution in [2.45, 2.75) is 19.0 Å². The Morgan fingerprint density at radius 1 is 1.20 bits per heavy atom. The Hall–Kier alpha value is -1.23. The van der Waals surface area contributed by atoms with Crippen LogP contribution in [0.5, 0.6) is 0 Å². The van der Waals surface area contributed by atoms with Crippen LogP contribution in [0.15, 0.2) is 18.2 Å². The SMILES string of the molecule is NCCCc1ccc(C(F)(F)F)cc1N. The maximum Gasteiger partial charge on any atom is 0.416 e. The van der Waals surface area contributed by atoms with E-state index >= 15 is 0 Å². The van der Waals surface area contributed by atoms with Gasteiger partial charge in [-0.05, 0) is 37.1 Å². The average Bonchev–Trinajstić information content (AvgIpc) is 2.14. The summed E-state index contributed by atoms with van der Waals surface area (Å²) in [6.45, 7) is 0.500. The highest BCUT2D eigenvalue weighted by molar-refractivity contribution is 5.49. The van der Waals surface area contributed by atoms with Crippen molar-refractivity contribution in [3.8, 4) is 0 Å². The molecule has 84 valence electrons. The summed E-state index contributed by atoms with van der Waals surface area (Å²) in [5.74, 6) is 0. The molecule has 0 saturated carbocycles. The summed E-state index contributed by atoms with van der Waals surface area (Å²) in [6, 6.07) is 3.42. The van der Waals surface area contributed by atoms with Crippen LogP contribution in [0.4, 0.5) is 18.9 Å². The van der Waals surface area contributed by atoms with E-state index in [-0.39, 0.29) is 5.69 Å². The van der Waals surface area contributed by atoms with Crippen LogP contribution in [-0.2, 0) is 12.6 Å². The molecule has 0 spiro atoms. The fourth-order valence-electron chi connectivity index (χ4n) is 1.29. The van der Waals surface area contributed by atoms with Crippen LogP contribution >= 0.6 is 0 Å². The molecule has 4 N–H and O–H groups in total. The van der Waals surface area contributed by atoms with Gasteiger partial charge in [0, 0.05) is 5.69 Å². The van der Waals surface area contributed by atoms with Gasteiger partial charge in [0.2, 0.25) is 0 Å². The molecule has 0 heterocycles. The predicted octanol–water partition coefficient (Wildman–Crippen LogP) is 2.18. The van der Waals surface area contributed by atoms with Crippen LogP contribution in [0, 0.1) is 0 Å². The van der Waals surface area contributed by atoms with Crippen LogP contribution in [0.25, 0.3) is 0 Å². The van der Waals surface area contributed by atoms with Gasteiger partial charge in [-0.3, -0.25) is 0 Å². The van der Waals surface area contributed by atoms with Gasteiger partial charge in [0.05, 0.1) is 5.56 Å². The molecule has 0 aliphatic heterocycles. The van der Waals surface area contributed by atoms with E-state index in [9.17, 15) is 13.2 Å². The van der Waals surface area contributed by atoms with Gasteiger partial charge in [-0.1, -0.05) is 6.07 Å². The normalized spacial score (nSPS) is 11.7. The first kappa shape index (κ1) is 11.8. The van der Waals surface area contributed by atoms with Gasteiger partial charge in [-0.25, -0.2) is 0 Å². The van der Waals surface area contributed by atoms with Crippen molar-refractivity contribution >= 4 is 5.69 Å². The van der Waals surface area contributed by atoms with Crippen molar-refractivity contribution in [1.29, 1.82) is 0 Å². The van der Waals surface area contributed by atoms with Crippen LogP contribution in [0.1, 0.15) is 17.5 Å². The monoisotopic (exact) mass is 218 g/mol. The predicted molar refractivity (Wildman–Crippen MR) is 53.2 cm³/mol. The Balaban J connectivity index is 2.88. The summed E-state index contributed by atoms with van der Waals surface area (Å²) >= 11 is 0. The Kier molecular flexibility index (Phi) is 3.57. The van der Waals surface area contributed by atoms with E-state index in [1.807, 2.05) is 0 Å². The third-order valence-corrected chi connectivity index (χ3v) is 2.12. The molecule has 0 radical (unpaired) electrons. The summed E-state index contributed by atoms with van der Waals surface area (Å²) in [7, 11) is 0. The van der Waals surface area contributed by atoms with E-state index in [0.717, 1.165) is 18.6 Å². The van der Waals surface area contributed by atoms with E-state index in [1.54, 1.807) is 0 Å². The number of rotatable bonds is 3. The molecule has 2 nitrogen and oxygen atoms in total. The zero-order valence-corrected chi connectivity index (χ0v) is 8.14. The number of nitrogen functional groups attached to an aromatic ring is 1. The molecule has 0 atom stereocenters. The zero-order chi connectivity index (χ0) is 11.5. The highest BCUT2D eigenvalue weighted by Crippen LogP contribution is 2.31. The highest BCUT2D eigenvalue weighted by atomic mass is 19.4. The Labute approximate surface area is 86.1 Å².